The quantitative estimate of drug-likeness (QED) is 0.706. The van der Waals surface area contributed by atoms with E-state index in [1.165, 1.54) is 16.4 Å². The fourth-order valence-electron chi connectivity index (χ4n) is 3.30. The number of halogens is 1. The molecule has 1 amide bonds. The van der Waals surface area contributed by atoms with Crippen LogP contribution in [0.4, 0.5) is 10.1 Å². The zero-order chi connectivity index (χ0) is 21.7. The SMILES string of the molecule is CCOC(=O)c1cccc(NC(=O)C2CCN(S(=O)(=O)c3ccc(F)cc3)CC2)c1. The van der Waals surface area contributed by atoms with Crippen LogP contribution in [0.2, 0.25) is 0 Å². The Bertz CT molecular complexity index is 1020. The minimum Gasteiger partial charge on any atom is -0.462 e. The summed E-state index contributed by atoms with van der Waals surface area (Å²) in [6.45, 7) is 2.36. The molecule has 0 spiro atoms. The van der Waals surface area contributed by atoms with Crippen LogP contribution in [0.3, 0.4) is 0 Å². The van der Waals surface area contributed by atoms with Crippen LogP contribution in [0, 0.1) is 11.7 Å². The predicted octanol–water partition coefficient (Wildman–Crippen LogP) is 3.04. The van der Waals surface area contributed by atoms with Gasteiger partial charge in [0.1, 0.15) is 5.82 Å². The van der Waals surface area contributed by atoms with Crippen molar-refractivity contribution < 1.29 is 27.1 Å². The molecular weight excluding hydrogens is 411 g/mol. The molecule has 0 aromatic heterocycles. The molecule has 2 aromatic carbocycles. The van der Waals surface area contributed by atoms with Crippen molar-refractivity contribution in [2.75, 3.05) is 25.0 Å². The van der Waals surface area contributed by atoms with E-state index >= 15 is 0 Å². The van der Waals surface area contributed by atoms with E-state index in [2.05, 4.69) is 5.32 Å². The largest absolute Gasteiger partial charge is 0.462 e. The Morgan fingerprint density at radius 1 is 1.13 bits per heavy atom. The highest BCUT2D eigenvalue weighted by atomic mass is 32.2. The molecule has 1 N–H and O–H groups in total. The first-order valence-electron chi connectivity index (χ1n) is 9.65. The van der Waals surface area contributed by atoms with Gasteiger partial charge in [0.2, 0.25) is 15.9 Å². The molecular formula is C21H23FN2O5S. The summed E-state index contributed by atoms with van der Waals surface area (Å²) in [5.74, 6) is -1.55. The Kier molecular flexibility index (Phi) is 6.84. The van der Waals surface area contributed by atoms with E-state index in [0.717, 1.165) is 12.1 Å². The minimum absolute atomic E-state index is 0.0302. The van der Waals surface area contributed by atoms with Crippen LogP contribution in [-0.2, 0) is 19.6 Å². The van der Waals surface area contributed by atoms with Gasteiger partial charge in [0, 0.05) is 24.7 Å². The summed E-state index contributed by atoms with van der Waals surface area (Å²) < 4.78 is 44.7. The number of carbonyl (C=O) groups excluding carboxylic acids is 2. The Balaban J connectivity index is 1.60. The van der Waals surface area contributed by atoms with Crippen LogP contribution in [0.1, 0.15) is 30.1 Å². The predicted molar refractivity (Wildman–Crippen MR) is 109 cm³/mol. The number of nitrogens with one attached hydrogen (secondary N) is 1. The molecule has 1 aliphatic rings. The molecule has 1 saturated heterocycles. The van der Waals surface area contributed by atoms with E-state index in [0.29, 0.717) is 24.1 Å². The van der Waals surface area contributed by atoms with Crippen molar-refractivity contribution in [3.63, 3.8) is 0 Å². The highest BCUT2D eigenvalue weighted by molar-refractivity contribution is 7.89. The van der Waals surface area contributed by atoms with E-state index < -0.39 is 21.8 Å². The van der Waals surface area contributed by atoms with Gasteiger partial charge in [-0.3, -0.25) is 4.79 Å². The molecule has 160 valence electrons. The lowest BCUT2D eigenvalue weighted by molar-refractivity contribution is -0.120. The summed E-state index contributed by atoms with van der Waals surface area (Å²) in [7, 11) is -3.72. The zero-order valence-corrected chi connectivity index (χ0v) is 17.3. The number of esters is 1. The number of piperidine rings is 1. The second-order valence-corrected chi connectivity index (χ2v) is 8.86. The summed E-state index contributed by atoms with van der Waals surface area (Å²) in [5.41, 5.74) is 0.821. The maximum Gasteiger partial charge on any atom is 0.338 e. The molecule has 0 saturated carbocycles. The van der Waals surface area contributed by atoms with Gasteiger partial charge in [-0.15, -0.1) is 0 Å². The second kappa shape index (κ2) is 9.36. The minimum atomic E-state index is -3.72. The monoisotopic (exact) mass is 434 g/mol. The standard InChI is InChI=1S/C21H23FN2O5S/c1-2-29-21(26)16-4-3-5-18(14-16)23-20(25)15-10-12-24(13-11-15)30(27,28)19-8-6-17(22)7-9-19/h3-9,14-15H,2,10-13H2,1H3,(H,23,25). The van der Waals surface area contributed by atoms with E-state index in [4.69, 9.17) is 4.74 Å². The molecule has 0 unspecified atom stereocenters. The number of ether oxygens (including phenoxy) is 1. The van der Waals surface area contributed by atoms with E-state index in [-0.39, 0.29) is 36.4 Å². The van der Waals surface area contributed by atoms with Crippen molar-refractivity contribution in [2.45, 2.75) is 24.7 Å². The van der Waals surface area contributed by atoms with Crippen molar-refractivity contribution in [1.82, 2.24) is 4.31 Å². The molecule has 3 rings (SSSR count). The summed E-state index contributed by atoms with van der Waals surface area (Å²) >= 11 is 0. The molecule has 0 bridgehead atoms. The number of hydrogen-bond donors (Lipinski definition) is 1. The van der Waals surface area contributed by atoms with Crippen molar-refractivity contribution in [1.29, 1.82) is 0 Å². The average molecular weight is 434 g/mol. The Morgan fingerprint density at radius 2 is 1.80 bits per heavy atom. The number of amides is 1. The first-order chi connectivity index (χ1) is 14.3. The first-order valence-corrected chi connectivity index (χ1v) is 11.1. The highest BCUT2D eigenvalue weighted by Gasteiger charge is 2.32. The third kappa shape index (κ3) is 5.03. The lowest BCUT2D eigenvalue weighted by atomic mass is 9.97. The number of carbonyl (C=O) groups is 2. The third-order valence-corrected chi connectivity index (χ3v) is 6.83. The van der Waals surface area contributed by atoms with Crippen molar-refractivity contribution >= 4 is 27.6 Å². The smallest absolute Gasteiger partial charge is 0.338 e. The number of hydrogen-bond acceptors (Lipinski definition) is 5. The Hall–Kier alpha value is -2.78. The second-order valence-electron chi connectivity index (χ2n) is 6.92. The van der Waals surface area contributed by atoms with E-state index in [1.807, 2.05) is 0 Å². The van der Waals surface area contributed by atoms with E-state index in [1.54, 1.807) is 31.2 Å². The molecule has 7 nitrogen and oxygen atoms in total. The number of anilines is 1. The average Bonchev–Trinajstić information content (AvgIpc) is 2.74. The van der Waals surface area contributed by atoms with Gasteiger partial charge in [0.15, 0.2) is 0 Å². The highest BCUT2D eigenvalue weighted by Crippen LogP contribution is 2.25. The van der Waals surface area contributed by atoms with Crippen LogP contribution < -0.4 is 5.32 Å². The molecule has 1 heterocycles. The fourth-order valence-corrected chi connectivity index (χ4v) is 4.77. The third-order valence-electron chi connectivity index (χ3n) is 4.92. The fraction of sp³-hybridized carbons (Fsp3) is 0.333. The topological polar surface area (TPSA) is 92.8 Å². The number of rotatable bonds is 6. The van der Waals surface area contributed by atoms with Crippen LogP contribution in [0.5, 0.6) is 0 Å². The molecule has 30 heavy (non-hydrogen) atoms. The maximum atomic E-state index is 13.1. The van der Waals surface area contributed by atoms with Crippen LogP contribution in [0.15, 0.2) is 53.4 Å². The van der Waals surface area contributed by atoms with Gasteiger partial charge in [-0.2, -0.15) is 4.31 Å². The van der Waals surface area contributed by atoms with Crippen molar-refractivity contribution in [3.05, 3.63) is 59.9 Å². The molecule has 1 fully saturated rings. The van der Waals surface area contributed by atoms with Crippen molar-refractivity contribution in [3.8, 4) is 0 Å². The van der Waals surface area contributed by atoms with Gasteiger partial charge >= 0.3 is 5.97 Å². The Labute approximate surface area is 174 Å². The van der Waals surface area contributed by atoms with Gasteiger partial charge in [0.05, 0.1) is 17.1 Å². The lowest BCUT2D eigenvalue weighted by Crippen LogP contribution is -2.41. The Morgan fingerprint density at radius 3 is 2.43 bits per heavy atom. The molecule has 0 radical (unpaired) electrons. The molecule has 2 aromatic rings. The van der Waals surface area contributed by atoms with Gasteiger partial charge in [-0.05, 0) is 62.2 Å². The number of nitrogens with zero attached hydrogens (tertiary/aromatic N) is 1. The molecule has 1 aliphatic heterocycles. The summed E-state index contributed by atoms with van der Waals surface area (Å²) in [5, 5.41) is 2.78. The van der Waals surface area contributed by atoms with Crippen LogP contribution in [-0.4, -0.2) is 44.3 Å². The zero-order valence-electron chi connectivity index (χ0n) is 16.5. The first kappa shape index (κ1) is 21.9. The van der Waals surface area contributed by atoms with Crippen LogP contribution >= 0.6 is 0 Å². The van der Waals surface area contributed by atoms with Gasteiger partial charge in [-0.1, -0.05) is 6.07 Å². The summed E-state index contributed by atoms with van der Waals surface area (Å²) in [4.78, 5) is 24.5. The summed E-state index contributed by atoms with van der Waals surface area (Å²) in [6.07, 6.45) is 0.730. The molecule has 0 atom stereocenters. The lowest BCUT2D eigenvalue weighted by Gasteiger charge is -2.30. The van der Waals surface area contributed by atoms with Gasteiger partial charge in [0.25, 0.3) is 0 Å². The summed E-state index contributed by atoms with van der Waals surface area (Å²) in [6, 6.07) is 11.2. The number of sulfonamides is 1. The molecule has 0 aliphatic carbocycles. The van der Waals surface area contributed by atoms with Crippen LogP contribution in [0.25, 0.3) is 0 Å². The van der Waals surface area contributed by atoms with Gasteiger partial charge in [-0.25, -0.2) is 17.6 Å². The molecule has 9 heteroatoms. The van der Waals surface area contributed by atoms with E-state index in [9.17, 15) is 22.4 Å². The maximum absolute atomic E-state index is 13.1. The number of benzene rings is 2. The normalized spacial score (nSPS) is 15.5. The van der Waals surface area contributed by atoms with Crippen molar-refractivity contribution in [2.24, 2.45) is 5.92 Å². The van der Waals surface area contributed by atoms with Gasteiger partial charge < -0.3 is 10.1 Å².